The Balaban J connectivity index is 2.10. The van der Waals surface area contributed by atoms with Crippen LogP contribution < -0.4 is 0 Å². The highest BCUT2D eigenvalue weighted by atomic mass is 14.2. The van der Waals surface area contributed by atoms with E-state index in [0.717, 1.165) is 11.8 Å². The van der Waals surface area contributed by atoms with Gasteiger partial charge in [-0.25, -0.2) is 0 Å². The van der Waals surface area contributed by atoms with Crippen LogP contribution in [0.1, 0.15) is 58.8 Å². The van der Waals surface area contributed by atoms with Gasteiger partial charge >= 0.3 is 0 Å². The first-order valence-electron chi connectivity index (χ1n) is 6.05. The van der Waals surface area contributed by atoms with E-state index in [1.807, 2.05) is 0 Å². The van der Waals surface area contributed by atoms with Gasteiger partial charge in [-0.1, -0.05) is 51.7 Å². The van der Waals surface area contributed by atoms with Crippen LogP contribution in [0.2, 0.25) is 0 Å². The lowest BCUT2D eigenvalue weighted by Crippen LogP contribution is -1.98. The highest BCUT2D eigenvalue weighted by Crippen LogP contribution is 2.30. The van der Waals surface area contributed by atoms with Crippen molar-refractivity contribution in [1.29, 1.82) is 0 Å². The molecule has 0 unspecified atom stereocenters. The quantitative estimate of drug-likeness (QED) is 0.526. The lowest BCUT2D eigenvalue weighted by atomic mass is 9.95. The van der Waals surface area contributed by atoms with Crippen LogP contribution in [-0.4, -0.2) is 0 Å². The molecular formula is C13H24. The van der Waals surface area contributed by atoms with Crippen molar-refractivity contribution < 1.29 is 0 Å². The zero-order valence-electron chi connectivity index (χ0n) is 9.26. The Hall–Kier alpha value is -0.260. The zero-order chi connectivity index (χ0) is 9.52. The van der Waals surface area contributed by atoms with Crippen molar-refractivity contribution in [3.05, 3.63) is 12.2 Å². The van der Waals surface area contributed by atoms with E-state index in [4.69, 9.17) is 0 Å². The Morgan fingerprint density at radius 1 is 0.923 bits per heavy atom. The van der Waals surface area contributed by atoms with Gasteiger partial charge in [-0.3, -0.25) is 0 Å². The number of hydrogen-bond donors (Lipinski definition) is 0. The number of unbranched alkanes of at least 4 members (excludes halogenated alkanes) is 2. The highest BCUT2D eigenvalue weighted by Gasteiger charge is 2.17. The van der Waals surface area contributed by atoms with Crippen LogP contribution in [-0.2, 0) is 0 Å². The summed E-state index contributed by atoms with van der Waals surface area (Å²) < 4.78 is 0. The second kappa shape index (κ2) is 6.23. The summed E-state index contributed by atoms with van der Waals surface area (Å²) in [7, 11) is 0. The molecule has 0 aromatic rings. The normalized spacial score (nSPS) is 26.9. The van der Waals surface area contributed by atoms with Crippen LogP contribution in [0.3, 0.4) is 0 Å². The third-order valence-corrected chi connectivity index (χ3v) is 3.12. The maximum Gasteiger partial charge on any atom is -0.0228 e. The Bertz CT molecular complexity index is 130. The third-order valence-electron chi connectivity index (χ3n) is 3.12. The van der Waals surface area contributed by atoms with Gasteiger partial charge in [0.1, 0.15) is 0 Å². The molecule has 0 N–H and O–H groups in total. The molecule has 0 nitrogen and oxygen atoms in total. The Morgan fingerprint density at radius 2 is 1.38 bits per heavy atom. The zero-order valence-corrected chi connectivity index (χ0v) is 9.26. The smallest absolute Gasteiger partial charge is 0.0228 e. The van der Waals surface area contributed by atoms with Crippen molar-refractivity contribution in [2.75, 3.05) is 0 Å². The van der Waals surface area contributed by atoms with E-state index in [-0.39, 0.29) is 0 Å². The number of allylic oxidation sites excluding steroid dienone is 2. The first kappa shape index (κ1) is 10.8. The molecule has 1 rings (SSSR count). The van der Waals surface area contributed by atoms with Gasteiger partial charge in [0.15, 0.2) is 0 Å². The molecule has 13 heavy (non-hydrogen) atoms. The maximum absolute atomic E-state index is 2.47. The summed E-state index contributed by atoms with van der Waals surface area (Å²) in [5.74, 6) is 1.84. The summed E-state index contributed by atoms with van der Waals surface area (Å²) in [6, 6.07) is 0. The van der Waals surface area contributed by atoms with Crippen molar-refractivity contribution in [2.24, 2.45) is 11.8 Å². The molecule has 0 heterocycles. The fraction of sp³-hybridized carbons (Fsp3) is 0.846. The fourth-order valence-electron chi connectivity index (χ4n) is 2.22. The topological polar surface area (TPSA) is 0 Å². The summed E-state index contributed by atoms with van der Waals surface area (Å²) in [6.07, 6.45) is 14.8. The molecule has 0 aromatic heterocycles. The van der Waals surface area contributed by atoms with Gasteiger partial charge in [-0.15, -0.1) is 0 Å². The molecule has 0 aliphatic heterocycles. The number of rotatable bonds is 6. The van der Waals surface area contributed by atoms with Gasteiger partial charge in [-0.05, 0) is 31.1 Å². The lowest BCUT2D eigenvalue weighted by molar-refractivity contribution is 0.451. The van der Waals surface area contributed by atoms with Crippen molar-refractivity contribution >= 4 is 0 Å². The molecule has 0 amide bonds. The molecule has 0 radical (unpaired) electrons. The Kier molecular flexibility index (Phi) is 5.19. The molecule has 0 fully saturated rings. The van der Waals surface area contributed by atoms with Crippen LogP contribution in [0.15, 0.2) is 12.2 Å². The van der Waals surface area contributed by atoms with E-state index in [1.54, 1.807) is 0 Å². The van der Waals surface area contributed by atoms with Crippen molar-refractivity contribution in [3.8, 4) is 0 Å². The van der Waals surface area contributed by atoms with Crippen LogP contribution >= 0.6 is 0 Å². The standard InChI is InChI=1S/C13H24/c1-3-5-7-12-9-10-13(11-12)8-6-4-2/h9-10,12-13H,3-8,11H2,1-2H3/t12-,13-/m1/s1. The second-order valence-electron chi connectivity index (χ2n) is 4.43. The summed E-state index contributed by atoms with van der Waals surface area (Å²) in [5, 5.41) is 0. The molecule has 0 saturated heterocycles. The Morgan fingerprint density at radius 3 is 1.77 bits per heavy atom. The van der Waals surface area contributed by atoms with Crippen LogP contribution in [0, 0.1) is 11.8 Å². The first-order chi connectivity index (χ1) is 6.36. The van der Waals surface area contributed by atoms with Gasteiger partial charge in [0.2, 0.25) is 0 Å². The highest BCUT2D eigenvalue weighted by molar-refractivity contribution is 5.01. The van der Waals surface area contributed by atoms with E-state index >= 15 is 0 Å². The first-order valence-corrected chi connectivity index (χ1v) is 6.05. The van der Waals surface area contributed by atoms with Crippen LogP contribution in [0.5, 0.6) is 0 Å². The minimum Gasteiger partial charge on any atom is -0.0851 e. The van der Waals surface area contributed by atoms with E-state index < -0.39 is 0 Å². The minimum atomic E-state index is 0.918. The van der Waals surface area contributed by atoms with Crippen molar-refractivity contribution in [2.45, 2.75) is 58.8 Å². The largest absolute Gasteiger partial charge is 0.0851 e. The second-order valence-corrected chi connectivity index (χ2v) is 4.43. The molecule has 0 saturated carbocycles. The van der Waals surface area contributed by atoms with Gasteiger partial charge < -0.3 is 0 Å². The predicted molar refractivity (Wildman–Crippen MR) is 59.8 cm³/mol. The maximum atomic E-state index is 2.47. The molecule has 0 aromatic carbocycles. The van der Waals surface area contributed by atoms with Gasteiger partial charge in [0, 0.05) is 0 Å². The van der Waals surface area contributed by atoms with Crippen molar-refractivity contribution in [3.63, 3.8) is 0 Å². The molecular weight excluding hydrogens is 156 g/mol. The average molecular weight is 180 g/mol. The van der Waals surface area contributed by atoms with E-state index in [2.05, 4.69) is 26.0 Å². The third kappa shape index (κ3) is 3.97. The van der Waals surface area contributed by atoms with Crippen LogP contribution in [0.4, 0.5) is 0 Å². The average Bonchev–Trinajstić information content (AvgIpc) is 2.59. The van der Waals surface area contributed by atoms with E-state index in [1.165, 1.54) is 44.9 Å². The fourth-order valence-corrected chi connectivity index (χ4v) is 2.22. The van der Waals surface area contributed by atoms with Crippen LogP contribution in [0.25, 0.3) is 0 Å². The summed E-state index contributed by atoms with van der Waals surface area (Å²) in [4.78, 5) is 0. The number of hydrogen-bond acceptors (Lipinski definition) is 0. The molecule has 1 aliphatic rings. The van der Waals surface area contributed by atoms with Gasteiger partial charge in [-0.2, -0.15) is 0 Å². The molecule has 76 valence electrons. The summed E-state index contributed by atoms with van der Waals surface area (Å²) in [5.41, 5.74) is 0. The molecule has 0 bridgehead atoms. The van der Waals surface area contributed by atoms with Gasteiger partial charge in [0.05, 0.1) is 0 Å². The summed E-state index contributed by atoms with van der Waals surface area (Å²) >= 11 is 0. The predicted octanol–water partition coefficient (Wildman–Crippen LogP) is 4.56. The molecule has 0 spiro atoms. The van der Waals surface area contributed by atoms with Gasteiger partial charge in [0.25, 0.3) is 0 Å². The molecule has 0 heteroatoms. The molecule has 1 aliphatic carbocycles. The SMILES string of the molecule is CCCC[C@@H]1C=C[C@@H](CCCC)C1. The lowest BCUT2D eigenvalue weighted by Gasteiger charge is -2.10. The van der Waals surface area contributed by atoms with E-state index in [9.17, 15) is 0 Å². The van der Waals surface area contributed by atoms with E-state index in [0.29, 0.717) is 0 Å². The summed E-state index contributed by atoms with van der Waals surface area (Å²) in [6.45, 7) is 4.57. The Labute approximate surface area is 83.4 Å². The van der Waals surface area contributed by atoms with Crippen molar-refractivity contribution in [1.82, 2.24) is 0 Å². The molecule has 2 atom stereocenters. The minimum absolute atomic E-state index is 0.918. The monoisotopic (exact) mass is 180 g/mol.